The van der Waals surface area contributed by atoms with Crippen LogP contribution in [0, 0.1) is 11.8 Å². The number of alkyl halides is 1. The van der Waals surface area contributed by atoms with Crippen LogP contribution >= 0.6 is 15.9 Å². The fourth-order valence-electron chi connectivity index (χ4n) is 0.864. The molecular formula is C5H8BrN3. The van der Waals surface area contributed by atoms with Crippen molar-refractivity contribution in [2.75, 3.05) is 11.9 Å². The summed E-state index contributed by atoms with van der Waals surface area (Å²) in [5.74, 6) is 1.44. The molecule has 1 aliphatic carbocycles. The molecule has 1 rings (SSSR count). The zero-order valence-electron chi connectivity index (χ0n) is 5.00. The fourth-order valence-corrected chi connectivity index (χ4v) is 1.66. The van der Waals surface area contributed by atoms with E-state index in [1.165, 1.54) is 6.42 Å². The first-order valence-electron chi connectivity index (χ1n) is 2.95. The molecular weight excluding hydrogens is 182 g/mol. The van der Waals surface area contributed by atoms with Crippen molar-refractivity contribution in [3.8, 4) is 0 Å². The third-order valence-corrected chi connectivity index (χ3v) is 2.48. The molecule has 0 amide bonds. The summed E-state index contributed by atoms with van der Waals surface area (Å²) >= 11 is 3.37. The van der Waals surface area contributed by atoms with E-state index in [1.807, 2.05) is 0 Å². The Labute approximate surface area is 62.2 Å². The van der Waals surface area contributed by atoms with Crippen LogP contribution in [0.25, 0.3) is 10.4 Å². The topological polar surface area (TPSA) is 48.8 Å². The van der Waals surface area contributed by atoms with E-state index in [2.05, 4.69) is 26.0 Å². The summed E-state index contributed by atoms with van der Waals surface area (Å²) in [5, 5.41) is 4.55. The molecule has 0 spiro atoms. The van der Waals surface area contributed by atoms with E-state index in [0.717, 1.165) is 11.2 Å². The SMILES string of the molecule is [N-]=[N+]=NC[C@H]1C[C@H]1CBr. The Hall–Kier alpha value is -0.210. The van der Waals surface area contributed by atoms with E-state index in [4.69, 9.17) is 5.53 Å². The maximum Gasteiger partial charge on any atom is 0.0289 e. The predicted molar refractivity (Wildman–Crippen MR) is 39.4 cm³/mol. The second kappa shape index (κ2) is 3.08. The van der Waals surface area contributed by atoms with Crippen LogP contribution in [-0.2, 0) is 0 Å². The second-order valence-electron chi connectivity index (χ2n) is 2.32. The molecule has 1 fully saturated rings. The molecule has 0 unspecified atom stereocenters. The van der Waals surface area contributed by atoms with Crippen LogP contribution in [0.15, 0.2) is 5.11 Å². The Balaban J connectivity index is 2.12. The molecule has 0 heterocycles. The van der Waals surface area contributed by atoms with Gasteiger partial charge in [-0.3, -0.25) is 0 Å². The summed E-state index contributed by atoms with van der Waals surface area (Å²) in [5.41, 5.74) is 7.95. The average Bonchev–Trinajstić information content (AvgIpc) is 2.62. The fraction of sp³-hybridized carbons (Fsp3) is 1.00. The standard InChI is InChI=1S/C5H8BrN3/c6-2-4-1-5(4)3-8-9-7/h4-5H,1-3H2/t4-,5+/m0/s1. The van der Waals surface area contributed by atoms with E-state index >= 15 is 0 Å². The zero-order valence-corrected chi connectivity index (χ0v) is 6.58. The van der Waals surface area contributed by atoms with Gasteiger partial charge in [-0.15, -0.1) is 0 Å². The van der Waals surface area contributed by atoms with E-state index in [0.29, 0.717) is 12.5 Å². The highest BCUT2D eigenvalue weighted by molar-refractivity contribution is 9.09. The van der Waals surface area contributed by atoms with Crippen LogP contribution in [0.1, 0.15) is 6.42 Å². The van der Waals surface area contributed by atoms with Gasteiger partial charge in [0.25, 0.3) is 0 Å². The van der Waals surface area contributed by atoms with Gasteiger partial charge >= 0.3 is 0 Å². The first-order chi connectivity index (χ1) is 4.38. The van der Waals surface area contributed by atoms with Crippen molar-refractivity contribution in [1.82, 2.24) is 0 Å². The molecule has 0 aromatic heterocycles. The predicted octanol–water partition coefficient (Wildman–Crippen LogP) is 2.33. The van der Waals surface area contributed by atoms with Gasteiger partial charge in [-0.05, 0) is 23.8 Å². The smallest absolute Gasteiger partial charge is 0.0289 e. The lowest BCUT2D eigenvalue weighted by molar-refractivity contribution is 0.766. The van der Waals surface area contributed by atoms with Gasteiger partial charge in [0.2, 0.25) is 0 Å². The van der Waals surface area contributed by atoms with Crippen molar-refractivity contribution in [2.45, 2.75) is 6.42 Å². The summed E-state index contributed by atoms with van der Waals surface area (Å²) in [7, 11) is 0. The minimum atomic E-state index is 0.667. The van der Waals surface area contributed by atoms with Gasteiger partial charge in [0, 0.05) is 16.8 Å². The Kier molecular flexibility index (Phi) is 2.37. The van der Waals surface area contributed by atoms with E-state index in [-0.39, 0.29) is 0 Å². The number of hydrogen-bond acceptors (Lipinski definition) is 1. The normalized spacial score (nSPS) is 31.2. The van der Waals surface area contributed by atoms with E-state index < -0.39 is 0 Å². The van der Waals surface area contributed by atoms with Gasteiger partial charge in [-0.1, -0.05) is 21.0 Å². The third kappa shape index (κ3) is 1.88. The molecule has 3 nitrogen and oxygen atoms in total. The van der Waals surface area contributed by atoms with Gasteiger partial charge in [0.05, 0.1) is 0 Å². The Morgan fingerprint density at radius 1 is 1.67 bits per heavy atom. The van der Waals surface area contributed by atoms with Gasteiger partial charge in [-0.25, -0.2) is 0 Å². The molecule has 1 saturated carbocycles. The van der Waals surface area contributed by atoms with E-state index in [9.17, 15) is 0 Å². The number of rotatable bonds is 3. The Morgan fingerprint density at radius 3 is 2.89 bits per heavy atom. The molecule has 9 heavy (non-hydrogen) atoms. The minimum Gasteiger partial charge on any atom is -0.0937 e. The number of nitrogens with zero attached hydrogens (tertiary/aromatic N) is 3. The molecule has 2 atom stereocenters. The van der Waals surface area contributed by atoms with Crippen LogP contribution in [0.2, 0.25) is 0 Å². The quantitative estimate of drug-likeness (QED) is 0.284. The van der Waals surface area contributed by atoms with Crippen molar-refractivity contribution in [3.63, 3.8) is 0 Å². The van der Waals surface area contributed by atoms with Crippen molar-refractivity contribution < 1.29 is 0 Å². The van der Waals surface area contributed by atoms with Crippen LogP contribution in [0.5, 0.6) is 0 Å². The van der Waals surface area contributed by atoms with Crippen molar-refractivity contribution in [2.24, 2.45) is 17.0 Å². The largest absolute Gasteiger partial charge is 0.0937 e. The van der Waals surface area contributed by atoms with Crippen molar-refractivity contribution in [1.29, 1.82) is 0 Å². The monoisotopic (exact) mass is 189 g/mol. The molecule has 4 heteroatoms. The Bertz CT molecular complexity index is 141. The highest BCUT2D eigenvalue weighted by atomic mass is 79.9. The van der Waals surface area contributed by atoms with E-state index in [1.54, 1.807) is 0 Å². The van der Waals surface area contributed by atoms with Gasteiger partial charge < -0.3 is 0 Å². The molecule has 0 aliphatic heterocycles. The first-order valence-corrected chi connectivity index (χ1v) is 4.07. The zero-order chi connectivity index (χ0) is 6.69. The van der Waals surface area contributed by atoms with Crippen molar-refractivity contribution >= 4 is 15.9 Å². The Morgan fingerprint density at radius 2 is 2.44 bits per heavy atom. The van der Waals surface area contributed by atoms with Gasteiger partial charge in [0.15, 0.2) is 0 Å². The summed E-state index contributed by atoms with van der Waals surface area (Å²) in [6, 6.07) is 0. The molecule has 0 radical (unpaired) electrons. The maximum atomic E-state index is 7.95. The minimum absolute atomic E-state index is 0.667. The molecule has 0 N–H and O–H groups in total. The molecule has 50 valence electrons. The van der Waals surface area contributed by atoms with Crippen LogP contribution in [0.3, 0.4) is 0 Å². The molecule has 0 bridgehead atoms. The summed E-state index contributed by atoms with van der Waals surface area (Å²) in [4.78, 5) is 2.69. The number of hydrogen-bond donors (Lipinski definition) is 0. The van der Waals surface area contributed by atoms with Crippen molar-refractivity contribution in [3.05, 3.63) is 10.4 Å². The summed E-state index contributed by atoms with van der Waals surface area (Å²) in [6.45, 7) is 0.687. The van der Waals surface area contributed by atoms with Crippen LogP contribution in [0.4, 0.5) is 0 Å². The van der Waals surface area contributed by atoms with Crippen LogP contribution in [-0.4, -0.2) is 11.9 Å². The average molecular weight is 190 g/mol. The summed E-state index contributed by atoms with van der Waals surface area (Å²) in [6.07, 6.45) is 1.23. The lowest BCUT2D eigenvalue weighted by atomic mass is 10.3. The molecule has 1 aliphatic rings. The summed E-state index contributed by atoms with van der Waals surface area (Å²) < 4.78 is 0. The third-order valence-electron chi connectivity index (χ3n) is 1.65. The van der Waals surface area contributed by atoms with Gasteiger partial charge in [0.1, 0.15) is 0 Å². The van der Waals surface area contributed by atoms with Gasteiger partial charge in [-0.2, -0.15) is 0 Å². The first kappa shape index (κ1) is 6.90. The molecule has 0 aromatic carbocycles. The lowest BCUT2D eigenvalue weighted by Crippen LogP contribution is -1.85. The molecule has 0 saturated heterocycles. The highest BCUT2D eigenvalue weighted by Crippen LogP contribution is 2.39. The number of halogens is 1. The second-order valence-corrected chi connectivity index (χ2v) is 2.97. The highest BCUT2D eigenvalue weighted by Gasteiger charge is 2.34. The lowest BCUT2D eigenvalue weighted by Gasteiger charge is -1.85. The molecule has 0 aromatic rings. The number of azide groups is 1. The maximum absolute atomic E-state index is 7.95. The van der Waals surface area contributed by atoms with Crippen LogP contribution < -0.4 is 0 Å².